The number of nitrogens with zero attached hydrogens (tertiary/aromatic N) is 1. The molecule has 1 aromatic rings. The second-order valence-corrected chi connectivity index (χ2v) is 3.67. The lowest BCUT2D eigenvalue weighted by molar-refractivity contribution is -0.133. The zero-order valence-corrected chi connectivity index (χ0v) is 9.30. The lowest BCUT2D eigenvalue weighted by Crippen LogP contribution is -2.27. The first-order chi connectivity index (χ1) is 8.13. The fourth-order valence-electron chi connectivity index (χ4n) is 1.74. The first kappa shape index (κ1) is 11.3. The highest BCUT2D eigenvalue weighted by Gasteiger charge is 2.30. The van der Waals surface area contributed by atoms with E-state index >= 15 is 0 Å². The molecule has 1 aromatic carbocycles. The average Bonchev–Trinajstić information content (AvgIpc) is 2.69. The Morgan fingerprint density at radius 2 is 2.12 bits per heavy atom. The molecule has 0 unspecified atom stereocenters. The summed E-state index contributed by atoms with van der Waals surface area (Å²) in [5.41, 5.74) is 0.904. The van der Waals surface area contributed by atoms with Gasteiger partial charge in [0.2, 0.25) is 5.78 Å². The van der Waals surface area contributed by atoms with Crippen LogP contribution in [0.5, 0.6) is 0 Å². The average molecular weight is 233 g/mol. The third-order valence-corrected chi connectivity index (χ3v) is 2.63. The molecule has 1 aliphatic rings. The standard InChI is InChI=1S/C12H11NO4/c1-17-12(16)8-3-2-4-9(7-8)13-6-5-10(14)11(13)15/h2-4,7H,5-6H2,1H3. The molecule has 0 spiro atoms. The molecular weight excluding hydrogens is 222 g/mol. The minimum absolute atomic E-state index is 0.223. The summed E-state index contributed by atoms with van der Waals surface area (Å²) in [6, 6.07) is 6.47. The minimum Gasteiger partial charge on any atom is -0.465 e. The van der Waals surface area contributed by atoms with Gasteiger partial charge in [0.1, 0.15) is 0 Å². The van der Waals surface area contributed by atoms with Crippen LogP contribution in [0.3, 0.4) is 0 Å². The SMILES string of the molecule is COC(=O)c1cccc(N2CCC(=O)C2=O)c1. The van der Waals surface area contributed by atoms with E-state index in [2.05, 4.69) is 4.74 Å². The highest BCUT2D eigenvalue weighted by Crippen LogP contribution is 2.21. The van der Waals surface area contributed by atoms with E-state index in [1.165, 1.54) is 12.0 Å². The van der Waals surface area contributed by atoms with Crippen LogP contribution in [0.15, 0.2) is 24.3 Å². The van der Waals surface area contributed by atoms with E-state index in [4.69, 9.17) is 0 Å². The van der Waals surface area contributed by atoms with Gasteiger partial charge < -0.3 is 9.64 Å². The maximum Gasteiger partial charge on any atom is 0.337 e. The van der Waals surface area contributed by atoms with E-state index in [9.17, 15) is 14.4 Å². The van der Waals surface area contributed by atoms with E-state index < -0.39 is 17.7 Å². The van der Waals surface area contributed by atoms with Crippen LogP contribution in [0.2, 0.25) is 0 Å². The molecule has 0 atom stereocenters. The number of hydrogen-bond donors (Lipinski definition) is 0. The highest BCUT2D eigenvalue weighted by atomic mass is 16.5. The Balaban J connectivity index is 2.31. The molecular formula is C12H11NO4. The molecule has 0 aromatic heterocycles. The van der Waals surface area contributed by atoms with Gasteiger partial charge in [-0.1, -0.05) is 6.07 Å². The molecule has 0 bridgehead atoms. The summed E-state index contributed by atoms with van der Waals surface area (Å²) < 4.78 is 4.59. The molecule has 0 radical (unpaired) electrons. The van der Waals surface area contributed by atoms with Gasteiger partial charge >= 0.3 is 5.97 Å². The predicted molar refractivity (Wildman–Crippen MR) is 59.8 cm³/mol. The van der Waals surface area contributed by atoms with Gasteiger partial charge in [-0.15, -0.1) is 0 Å². The normalized spacial score (nSPS) is 15.2. The van der Waals surface area contributed by atoms with Crippen LogP contribution < -0.4 is 4.90 Å². The maximum atomic E-state index is 11.5. The summed E-state index contributed by atoms with van der Waals surface area (Å²) in [7, 11) is 1.29. The van der Waals surface area contributed by atoms with Crippen LogP contribution in [0.1, 0.15) is 16.8 Å². The van der Waals surface area contributed by atoms with Gasteiger partial charge in [0, 0.05) is 18.7 Å². The van der Waals surface area contributed by atoms with Crippen molar-refractivity contribution in [1.82, 2.24) is 0 Å². The Bertz CT molecular complexity index is 495. The highest BCUT2D eigenvalue weighted by molar-refractivity contribution is 6.43. The Morgan fingerprint density at radius 3 is 2.71 bits per heavy atom. The molecule has 0 saturated carbocycles. The molecule has 0 aliphatic carbocycles. The Labute approximate surface area is 98.0 Å². The van der Waals surface area contributed by atoms with E-state index in [1.54, 1.807) is 24.3 Å². The molecule has 1 heterocycles. The first-order valence-corrected chi connectivity index (χ1v) is 5.16. The zero-order chi connectivity index (χ0) is 12.4. The monoisotopic (exact) mass is 233 g/mol. The summed E-state index contributed by atoms with van der Waals surface area (Å²) in [5.74, 6) is -1.38. The molecule has 88 valence electrons. The number of methoxy groups -OCH3 is 1. The van der Waals surface area contributed by atoms with Crippen LogP contribution in [0, 0.1) is 0 Å². The lowest BCUT2D eigenvalue weighted by Gasteiger charge is -2.15. The van der Waals surface area contributed by atoms with E-state index in [-0.39, 0.29) is 6.42 Å². The number of carbonyl (C=O) groups is 3. The predicted octanol–water partition coefficient (Wildman–Crippen LogP) is 0.779. The van der Waals surface area contributed by atoms with Gasteiger partial charge in [0.25, 0.3) is 5.91 Å². The van der Waals surface area contributed by atoms with Crippen LogP contribution in [0.4, 0.5) is 5.69 Å². The van der Waals surface area contributed by atoms with Crippen LogP contribution >= 0.6 is 0 Å². The molecule has 5 heteroatoms. The summed E-state index contributed by atoms with van der Waals surface area (Å²) in [6.07, 6.45) is 0.223. The number of anilines is 1. The quantitative estimate of drug-likeness (QED) is 0.559. The molecule has 17 heavy (non-hydrogen) atoms. The summed E-state index contributed by atoms with van der Waals surface area (Å²) in [6.45, 7) is 0.363. The Kier molecular flexibility index (Phi) is 2.91. The molecule has 1 aliphatic heterocycles. The molecule has 1 saturated heterocycles. The number of rotatable bonds is 2. The van der Waals surface area contributed by atoms with Gasteiger partial charge in [0.15, 0.2) is 0 Å². The first-order valence-electron chi connectivity index (χ1n) is 5.16. The van der Waals surface area contributed by atoms with Crippen molar-refractivity contribution in [2.45, 2.75) is 6.42 Å². The number of carbonyl (C=O) groups excluding carboxylic acids is 3. The lowest BCUT2D eigenvalue weighted by atomic mass is 10.2. The van der Waals surface area contributed by atoms with Crippen LogP contribution in [-0.4, -0.2) is 31.3 Å². The Hall–Kier alpha value is -2.17. The van der Waals surface area contributed by atoms with Crippen molar-refractivity contribution in [2.24, 2.45) is 0 Å². The number of esters is 1. The summed E-state index contributed by atoms with van der Waals surface area (Å²) >= 11 is 0. The molecule has 1 amide bonds. The van der Waals surface area contributed by atoms with Crippen molar-refractivity contribution >= 4 is 23.3 Å². The zero-order valence-electron chi connectivity index (χ0n) is 9.30. The third kappa shape index (κ3) is 2.04. The number of Topliss-reactive ketones (excluding diaryl/α,β-unsaturated/α-hetero) is 1. The van der Waals surface area contributed by atoms with Crippen molar-refractivity contribution in [2.75, 3.05) is 18.6 Å². The topological polar surface area (TPSA) is 63.7 Å². The third-order valence-electron chi connectivity index (χ3n) is 2.63. The van der Waals surface area contributed by atoms with Crippen LogP contribution in [-0.2, 0) is 14.3 Å². The van der Waals surface area contributed by atoms with Gasteiger partial charge in [0.05, 0.1) is 12.7 Å². The number of hydrogen-bond acceptors (Lipinski definition) is 4. The van der Waals surface area contributed by atoms with Crippen molar-refractivity contribution in [1.29, 1.82) is 0 Å². The van der Waals surface area contributed by atoms with E-state index in [1.807, 2.05) is 0 Å². The number of benzene rings is 1. The fraction of sp³-hybridized carbons (Fsp3) is 0.250. The van der Waals surface area contributed by atoms with E-state index in [0.717, 1.165) is 0 Å². The summed E-state index contributed by atoms with van der Waals surface area (Å²) in [5, 5.41) is 0. The number of ketones is 1. The summed E-state index contributed by atoms with van der Waals surface area (Å²) in [4.78, 5) is 35.4. The van der Waals surface area contributed by atoms with Crippen LogP contribution in [0.25, 0.3) is 0 Å². The van der Waals surface area contributed by atoms with Crippen molar-refractivity contribution < 1.29 is 19.1 Å². The smallest absolute Gasteiger partial charge is 0.337 e. The maximum absolute atomic E-state index is 11.5. The second-order valence-electron chi connectivity index (χ2n) is 3.67. The minimum atomic E-state index is -0.521. The van der Waals surface area contributed by atoms with Gasteiger partial charge in [-0.3, -0.25) is 9.59 Å². The van der Waals surface area contributed by atoms with Crippen molar-refractivity contribution in [3.05, 3.63) is 29.8 Å². The van der Waals surface area contributed by atoms with Gasteiger partial charge in [-0.05, 0) is 18.2 Å². The van der Waals surface area contributed by atoms with Crippen molar-refractivity contribution in [3.8, 4) is 0 Å². The molecule has 0 N–H and O–H groups in total. The largest absolute Gasteiger partial charge is 0.465 e. The molecule has 2 rings (SSSR count). The van der Waals surface area contributed by atoms with E-state index in [0.29, 0.717) is 17.8 Å². The number of ether oxygens (including phenoxy) is 1. The van der Waals surface area contributed by atoms with Crippen molar-refractivity contribution in [3.63, 3.8) is 0 Å². The molecule has 5 nitrogen and oxygen atoms in total. The fourth-order valence-corrected chi connectivity index (χ4v) is 1.74. The Morgan fingerprint density at radius 1 is 1.35 bits per heavy atom. The number of amides is 1. The van der Waals surface area contributed by atoms with Gasteiger partial charge in [-0.25, -0.2) is 4.79 Å². The second kappa shape index (κ2) is 4.37. The molecule has 1 fully saturated rings. The van der Waals surface area contributed by atoms with Gasteiger partial charge in [-0.2, -0.15) is 0 Å².